The van der Waals surface area contributed by atoms with Crippen molar-refractivity contribution in [2.24, 2.45) is 0 Å². The van der Waals surface area contributed by atoms with E-state index < -0.39 is 23.9 Å². The number of nitrogens with zero attached hydrogens (tertiary/aromatic N) is 1. The number of nitrogens with one attached hydrogen (secondary N) is 1. The van der Waals surface area contributed by atoms with Gasteiger partial charge in [0.2, 0.25) is 11.6 Å². The second kappa shape index (κ2) is 6.66. The van der Waals surface area contributed by atoms with Gasteiger partial charge in [-0.3, -0.25) is 14.4 Å². The highest BCUT2D eigenvalue weighted by Crippen LogP contribution is 2.40. The van der Waals surface area contributed by atoms with E-state index in [1.165, 1.54) is 21.1 Å². The van der Waals surface area contributed by atoms with Crippen molar-refractivity contribution >= 4 is 23.6 Å². The molecule has 0 saturated heterocycles. The Morgan fingerprint density at radius 3 is 2.69 bits per heavy atom. The Morgan fingerprint density at radius 2 is 2.08 bits per heavy atom. The summed E-state index contributed by atoms with van der Waals surface area (Å²) in [5.74, 6) is -1.42. The number of esters is 1. The van der Waals surface area contributed by atoms with Crippen molar-refractivity contribution in [1.82, 2.24) is 9.88 Å². The quantitative estimate of drug-likeness (QED) is 0.802. The van der Waals surface area contributed by atoms with Crippen LogP contribution < -0.4 is 5.32 Å². The van der Waals surface area contributed by atoms with Gasteiger partial charge >= 0.3 is 12.1 Å². The number of hydrogen-bond acceptors (Lipinski definition) is 7. The molecule has 1 amide bonds. The number of alkyl carbamates (subject to hydrolysis) is 1. The molecule has 1 aromatic heterocycles. The summed E-state index contributed by atoms with van der Waals surface area (Å²) in [7, 11) is 2.71. The predicted octanol–water partition coefficient (Wildman–Crippen LogP) is 1.26. The number of ether oxygens (including phenoxy) is 3. The molecule has 1 atom stereocenters. The number of amides is 1. The van der Waals surface area contributed by atoms with Crippen LogP contribution in [0.3, 0.4) is 0 Å². The molecular formula is C17H18N2O7. The fourth-order valence-corrected chi connectivity index (χ4v) is 3.37. The van der Waals surface area contributed by atoms with Crippen molar-refractivity contribution in [3.8, 4) is 0 Å². The van der Waals surface area contributed by atoms with Crippen molar-refractivity contribution in [2.45, 2.75) is 32.6 Å². The summed E-state index contributed by atoms with van der Waals surface area (Å²) in [6, 6.07) is 0. The van der Waals surface area contributed by atoms with Crippen molar-refractivity contribution in [1.29, 1.82) is 0 Å². The second-order valence-corrected chi connectivity index (χ2v) is 5.86. The zero-order chi connectivity index (χ0) is 19.0. The number of methoxy groups -OCH3 is 1. The first-order chi connectivity index (χ1) is 12.4. The second-order valence-electron chi connectivity index (χ2n) is 5.86. The molecule has 1 unspecified atom stereocenters. The van der Waals surface area contributed by atoms with Crippen LogP contribution in [0.25, 0.3) is 0 Å². The van der Waals surface area contributed by atoms with E-state index in [1.807, 2.05) is 0 Å². The average Bonchev–Trinajstić information content (AvgIpc) is 3.14. The van der Waals surface area contributed by atoms with E-state index in [0.717, 1.165) is 6.08 Å². The molecule has 9 heteroatoms. The topological polar surface area (TPSA) is 113 Å². The average molecular weight is 362 g/mol. The lowest BCUT2D eigenvalue weighted by atomic mass is 9.95. The molecule has 0 fully saturated rings. The molecule has 138 valence electrons. The number of carbonyl (C=O) groups is 4. The lowest BCUT2D eigenvalue weighted by Crippen LogP contribution is -2.22. The van der Waals surface area contributed by atoms with E-state index in [2.05, 4.69) is 5.32 Å². The Kier molecular flexibility index (Phi) is 4.54. The molecule has 0 bridgehead atoms. The van der Waals surface area contributed by atoms with Gasteiger partial charge in [-0.2, -0.15) is 0 Å². The first kappa shape index (κ1) is 17.7. The van der Waals surface area contributed by atoms with Gasteiger partial charge in [-0.25, -0.2) is 4.79 Å². The summed E-state index contributed by atoms with van der Waals surface area (Å²) in [6.45, 7) is 1.45. The smallest absolute Gasteiger partial charge is 0.407 e. The van der Waals surface area contributed by atoms with Crippen molar-refractivity contribution in [2.75, 3.05) is 14.2 Å². The normalized spacial score (nSPS) is 18.0. The Labute approximate surface area is 148 Å². The van der Waals surface area contributed by atoms with E-state index in [0.29, 0.717) is 24.2 Å². The molecule has 1 aromatic rings. The number of allylic oxidation sites excluding steroid dienone is 2. The van der Waals surface area contributed by atoms with Gasteiger partial charge in [0, 0.05) is 38.6 Å². The minimum Gasteiger partial charge on any atom is -0.492 e. The highest BCUT2D eigenvalue weighted by Gasteiger charge is 2.41. The maximum Gasteiger partial charge on any atom is 0.407 e. The third-order valence-corrected chi connectivity index (χ3v) is 4.35. The Balaban J connectivity index is 2.13. The number of aromatic nitrogens is 1. The fraction of sp³-hybridized carbons (Fsp3) is 0.412. The fourth-order valence-electron chi connectivity index (χ4n) is 3.37. The van der Waals surface area contributed by atoms with Crippen LogP contribution in [0.4, 0.5) is 4.79 Å². The summed E-state index contributed by atoms with van der Waals surface area (Å²) in [4.78, 5) is 48.2. The van der Waals surface area contributed by atoms with Crippen LogP contribution in [0.1, 0.15) is 51.6 Å². The van der Waals surface area contributed by atoms with Crippen LogP contribution in [0.15, 0.2) is 11.8 Å². The number of hydrogen-bond donors (Lipinski definition) is 1. The molecule has 0 aromatic carbocycles. The SMILES string of the molecule is CNC(=O)OCc1c2c(n3c1C(OC(C)=O)CC3)C(=O)C=C(OC)C2=O. The Hall–Kier alpha value is -3.10. The molecule has 0 radical (unpaired) electrons. The summed E-state index contributed by atoms with van der Waals surface area (Å²) >= 11 is 0. The van der Waals surface area contributed by atoms with Crippen LogP contribution in [-0.4, -0.2) is 42.4 Å². The highest BCUT2D eigenvalue weighted by molar-refractivity contribution is 6.24. The van der Waals surface area contributed by atoms with Crippen molar-refractivity contribution < 1.29 is 33.4 Å². The Morgan fingerprint density at radius 1 is 1.35 bits per heavy atom. The molecule has 26 heavy (non-hydrogen) atoms. The summed E-state index contributed by atoms with van der Waals surface area (Å²) in [6.07, 6.45) is 0.309. The van der Waals surface area contributed by atoms with E-state index in [4.69, 9.17) is 14.2 Å². The number of fused-ring (bicyclic) bond motifs is 3. The molecule has 2 aliphatic rings. The van der Waals surface area contributed by atoms with Gasteiger partial charge in [-0.05, 0) is 0 Å². The molecule has 2 heterocycles. The van der Waals surface area contributed by atoms with Crippen molar-refractivity contribution in [3.05, 3.63) is 34.3 Å². The number of rotatable bonds is 4. The molecule has 1 aliphatic heterocycles. The largest absolute Gasteiger partial charge is 0.492 e. The first-order valence-electron chi connectivity index (χ1n) is 8.00. The van der Waals surface area contributed by atoms with E-state index >= 15 is 0 Å². The number of Topliss-reactive ketones (excluding diaryl/α,β-unsaturated/α-hetero) is 1. The van der Waals surface area contributed by atoms with Gasteiger partial charge in [0.15, 0.2) is 5.76 Å². The van der Waals surface area contributed by atoms with Crippen LogP contribution in [-0.2, 0) is 32.2 Å². The zero-order valence-electron chi connectivity index (χ0n) is 14.6. The van der Waals surface area contributed by atoms with Crippen LogP contribution in [0.2, 0.25) is 0 Å². The maximum atomic E-state index is 12.7. The molecule has 0 spiro atoms. The van der Waals surface area contributed by atoms with Crippen LogP contribution >= 0.6 is 0 Å². The van der Waals surface area contributed by atoms with Crippen molar-refractivity contribution in [3.63, 3.8) is 0 Å². The summed E-state index contributed by atoms with van der Waals surface area (Å²) in [5.41, 5.74) is 1.19. The first-order valence-corrected chi connectivity index (χ1v) is 8.00. The summed E-state index contributed by atoms with van der Waals surface area (Å²) < 4.78 is 17.1. The van der Waals surface area contributed by atoms with Crippen LogP contribution in [0, 0.1) is 0 Å². The lowest BCUT2D eigenvalue weighted by Gasteiger charge is -2.15. The van der Waals surface area contributed by atoms with Gasteiger partial charge in [-0.1, -0.05) is 0 Å². The molecule has 9 nitrogen and oxygen atoms in total. The lowest BCUT2D eigenvalue weighted by molar-refractivity contribution is -0.146. The van der Waals surface area contributed by atoms with Gasteiger partial charge < -0.3 is 24.1 Å². The zero-order valence-corrected chi connectivity index (χ0v) is 14.6. The van der Waals surface area contributed by atoms with E-state index in [-0.39, 0.29) is 29.4 Å². The summed E-state index contributed by atoms with van der Waals surface area (Å²) in [5, 5.41) is 2.32. The molecule has 1 N–H and O–H groups in total. The monoisotopic (exact) mass is 362 g/mol. The molecule has 0 saturated carbocycles. The van der Waals surface area contributed by atoms with Gasteiger partial charge in [0.1, 0.15) is 18.4 Å². The predicted molar refractivity (Wildman–Crippen MR) is 86.6 cm³/mol. The Bertz CT molecular complexity index is 850. The molecule has 1 aliphatic carbocycles. The molecule has 3 rings (SSSR count). The third-order valence-electron chi connectivity index (χ3n) is 4.35. The third kappa shape index (κ3) is 2.75. The highest BCUT2D eigenvalue weighted by atomic mass is 16.6. The minimum atomic E-state index is -0.683. The maximum absolute atomic E-state index is 12.7. The van der Waals surface area contributed by atoms with Gasteiger partial charge in [-0.15, -0.1) is 0 Å². The standard InChI is InChI=1S/C17H18N2O7/c1-8(20)26-11-4-5-19-14(11)9(7-25-17(23)18-2)13-15(19)10(21)6-12(24-3)16(13)22/h6,11H,4-5,7H2,1-3H3,(H,18,23). The minimum absolute atomic E-state index is 0.0861. The van der Waals surface area contributed by atoms with E-state index in [1.54, 1.807) is 4.57 Å². The van der Waals surface area contributed by atoms with E-state index in [9.17, 15) is 19.2 Å². The molecular weight excluding hydrogens is 344 g/mol. The number of ketones is 2. The van der Waals surface area contributed by atoms with Crippen LogP contribution in [0.5, 0.6) is 0 Å². The van der Waals surface area contributed by atoms with Gasteiger partial charge in [0.05, 0.1) is 18.4 Å². The number of carbonyl (C=O) groups excluding carboxylic acids is 4. The van der Waals surface area contributed by atoms with Gasteiger partial charge in [0.25, 0.3) is 0 Å².